The summed E-state index contributed by atoms with van der Waals surface area (Å²) >= 11 is 19.3. The first-order chi connectivity index (χ1) is 11.5. The van der Waals surface area contributed by atoms with Crippen LogP contribution in [0.1, 0.15) is 0 Å². The monoisotopic (exact) mass is 403 g/mol. The van der Waals surface area contributed by atoms with Crippen molar-refractivity contribution < 1.29 is 14.3 Å². The predicted molar refractivity (Wildman–Crippen MR) is 98.3 cm³/mol. The van der Waals surface area contributed by atoms with Crippen molar-refractivity contribution in [3.8, 4) is 11.5 Å². The van der Waals surface area contributed by atoms with Gasteiger partial charge in [0.25, 0.3) is 0 Å². The van der Waals surface area contributed by atoms with Crippen molar-refractivity contribution in [2.45, 2.75) is 4.90 Å². The van der Waals surface area contributed by atoms with Gasteiger partial charge < -0.3 is 14.8 Å². The maximum absolute atomic E-state index is 12.1. The van der Waals surface area contributed by atoms with Gasteiger partial charge in [-0.15, -0.1) is 11.8 Å². The third-order valence-corrected chi connectivity index (χ3v) is 4.96. The normalized spacial score (nSPS) is 12.8. The molecule has 0 saturated heterocycles. The largest absolute Gasteiger partial charge is 0.486 e. The highest BCUT2D eigenvalue weighted by Gasteiger charge is 2.14. The van der Waals surface area contributed by atoms with Gasteiger partial charge in [-0.25, -0.2) is 0 Å². The smallest absolute Gasteiger partial charge is 0.234 e. The molecule has 1 N–H and O–H groups in total. The molecule has 2 aromatic carbocycles. The molecule has 1 aliphatic rings. The predicted octanol–water partition coefficient (Wildman–Crippen LogP) is 5.15. The van der Waals surface area contributed by atoms with Gasteiger partial charge in [-0.2, -0.15) is 0 Å². The molecule has 4 nitrogen and oxygen atoms in total. The van der Waals surface area contributed by atoms with Crippen molar-refractivity contribution in [1.82, 2.24) is 0 Å². The lowest BCUT2D eigenvalue weighted by atomic mass is 10.3. The molecule has 0 bridgehead atoms. The molecule has 0 unspecified atom stereocenters. The van der Waals surface area contributed by atoms with Crippen LogP contribution in [-0.4, -0.2) is 24.9 Å². The van der Waals surface area contributed by atoms with Crippen molar-refractivity contribution in [2.24, 2.45) is 0 Å². The quantitative estimate of drug-likeness (QED) is 0.716. The van der Waals surface area contributed by atoms with Crippen molar-refractivity contribution in [3.63, 3.8) is 0 Å². The number of hydrogen-bond acceptors (Lipinski definition) is 4. The molecule has 0 spiro atoms. The molecule has 2 aromatic rings. The summed E-state index contributed by atoms with van der Waals surface area (Å²) in [7, 11) is 0. The lowest BCUT2D eigenvalue weighted by molar-refractivity contribution is -0.113. The summed E-state index contributed by atoms with van der Waals surface area (Å²) in [6.45, 7) is 1.07. The van der Waals surface area contributed by atoms with Gasteiger partial charge in [-0.1, -0.05) is 34.8 Å². The van der Waals surface area contributed by atoms with E-state index in [1.807, 2.05) is 18.2 Å². The van der Waals surface area contributed by atoms with Crippen LogP contribution in [0.4, 0.5) is 5.69 Å². The minimum absolute atomic E-state index is 0.203. The van der Waals surface area contributed by atoms with E-state index in [1.54, 1.807) is 0 Å². The van der Waals surface area contributed by atoms with E-state index in [1.165, 1.54) is 23.9 Å². The maximum Gasteiger partial charge on any atom is 0.234 e. The van der Waals surface area contributed by atoms with E-state index in [0.717, 1.165) is 10.6 Å². The Hall–Kier alpha value is -1.27. The Balaban J connectivity index is 1.62. The molecule has 126 valence electrons. The number of carbonyl (C=O) groups excluding carboxylic acids is 1. The molecule has 3 rings (SSSR count). The molecule has 0 fully saturated rings. The van der Waals surface area contributed by atoms with Gasteiger partial charge in [0.15, 0.2) is 11.5 Å². The Morgan fingerprint density at radius 1 is 1.04 bits per heavy atom. The minimum atomic E-state index is -0.221. The topological polar surface area (TPSA) is 47.6 Å². The van der Waals surface area contributed by atoms with Gasteiger partial charge in [0.1, 0.15) is 13.2 Å². The Kier molecular flexibility index (Phi) is 5.66. The third-order valence-electron chi connectivity index (χ3n) is 3.15. The van der Waals surface area contributed by atoms with E-state index in [-0.39, 0.29) is 11.7 Å². The number of fused-ring (bicyclic) bond motifs is 1. The standard InChI is InChI=1S/C16H12Cl3NO3S/c17-9-5-11(18)16(12(19)6-9)20-15(21)8-24-10-1-2-13-14(7-10)23-4-3-22-13/h1-2,5-7H,3-4,8H2,(H,20,21). The average molecular weight is 405 g/mol. The number of benzene rings is 2. The number of rotatable bonds is 4. The van der Waals surface area contributed by atoms with Crippen LogP contribution in [0.3, 0.4) is 0 Å². The molecule has 8 heteroatoms. The second kappa shape index (κ2) is 7.74. The lowest BCUT2D eigenvalue weighted by Crippen LogP contribution is -2.16. The Morgan fingerprint density at radius 2 is 1.71 bits per heavy atom. The van der Waals surface area contributed by atoms with E-state index in [2.05, 4.69) is 5.32 Å². The van der Waals surface area contributed by atoms with E-state index in [4.69, 9.17) is 44.3 Å². The highest BCUT2D eigenvalue weighted by molar-refractivity contribution is 8.00. The number of hydrogen-bond donors (Lipinski definition) is 1. The van der Waals surface area contributed by atoms with Crippen LogP contribution in [0.2, 0.25) is 15.1 Å². The van der Waals surface area contributed by atoms with E-state index in [0.29, 0.717) is 39.7 Å². The maximum atomic E-state index is 12.1. The summed E-state index contributed by atoms with van der Waals surface area (Å²) in [5.74, 6) is 1.39. The number of carbonyl (C=O) groups is 1. The average Bonchev–Trinajstić information content (AvgIpc) is 2.56. The highest BCUT2D eigenvalue weighted by atomic mass is 35.5. The number of amides is 1. The van der Waals surface area contributed by atoms with Gasteiger partial charge in [0.2, 0.25) is 5.91 Å². The first kappa shape index (κ1) is 17.5. The third kappa shape index (κ3) is 4.22. The SMILES string of the molecule is O=C(CSc1ccc2c(c1)OCCO2)Nc1c(Cl)cc(Cl)cc1Cl. The van der Waals surface area contributed by atoms with Crippen molar-refractivity contribution in [3.05, 3.63) is 45.4 Å². The highest BCUT2D eigenvalue weighted by Crippen LogP contribution is 2.35. The molecule has 1 heterocycles. The summed E-state index contributed by atoms with van der Waals surface area (Å²) in [5, 5.41) is 3.70. The van der Waals surface area contributed by atoms with E-state index in [9.17, 15) is 4.79 Å². The molecule has 0 aliphatic carbocycles. The molecule has 0 radical (unpaired) electrons. The first-order valence-electron chi connectivity index (χ1n) is 7.00. The minimum Gasteiger partial charge on any atom is -0.486 e. The summed E-state index contributed by atoms with van der Waals surface area (Å²) in [4.78, 5) is 13.0. The van der Waals surface area contributed by atoms with Crippen LogP contribution >= 0.6 is 46.6 Å². The second-order valence-corrected chi connectivity index (χ2v) is 7.19. The van der Waals surface area contributed by atoms with Gasteiger partial charge in [0, 0.05) is 9.92 Å². The molecular formula is C16H12Cl3NO3S. The summed E-state index contributed by atoms with van der Waals surface area (Å²) in [6.07, 6.45) is 0. The van der Waals surface area contributed by atoms with Gasteiger partial charge >= 0.3 is 0 Å². The lowest BCUT2D eigenvalue weighted by Gasteiger charge is -2.18. The number of halogens is 3. The van der Waals surface area contributed by atoms with Gasteiger partial charge in [0.05, 0.1) is 21.5 Å². The fourth-order valence-corrected chi connectivity index (χ4v) is 3.74. The fraction of sp³-hybridized carbons (Fsp3) is 0.188. The first-order valence-corrected chi connectivity index (χ1v) is 9.12. The molecule has 24 heavy (non-hydrogen) atoms. The van der Waals surface area contributed by atoms with Gasteiger partial charge in [-0.3, -0.25) is 4.79 Å². The number of thioether (sulfide) groups is 1. The Bertz CT molecular complexity index is 762. The van der Waals surface area contributed by atoms with Crippen LogP contribution in [0.25, 0.3) is 0 Å². The molecule has 0 atom stereocenters. The molecular weight excluding hydrogens is 393 g/mol. The number of anilines is 1. The van der Waals surface area contributed by atoms with Crippen molar-refractivity contribution in [2.75, 3.05) is 24.3 Å². The summed E-state index contributed by atoms with van der Waals surface area (Å²) in [6, 6.07) is 8.63. The van der Waals surface area contributed by atoms with Crippen LogP contribution < -0.4 is 14.8 Å². The van der Waals surface area contributed by atoms with Crippen molar-refractivity contribution >= 4 is 58.2 Å². The number of ether oxygens (including phenoxy) is 2. The zero-order valence-electron chi connectivity index (χ0n) is 12.3. The molecule has 0 saturated carbocycles. The van der Waals surface area contributed by atoms with Crippen LogP contribution in [0.15, 0.2) is 35.2 Å². The summed E-state index contributed by atoms with van der Waals surface area (Å²) < 4.78 is 11.0. The fourth-order valence-electron chi connectivity index (χ4n) is 2.10. The molecule has 0 aromatic heterocycles. The van der Waals surface area contributed by atoms with Crippen LogP contribution in [0.5, 0.6) is 11.5 Å². The Morgan fingerprint density at radius 3 is 2.42 bits per heavy atom. The molecule has 1 aliphatic heterocycles. The zero-order valence-corrected chi connectivity index (χ0v) is 15.4. The molecule has 1 amide bonds. The van der Waals surface area contributed by atoms with Crippen molar-refractivity contribution in [1.29, 1.82) is 0 Å². The summed E-state index contributed by atoms with van der Waals surface area (Å²) in [5.41, 5.74) is 0.357. The number of nitrogens with one attached hydrogen (secondary N) is 1. The zero-order chi connectivity index (χ0) is 17.1. The van der Waals surface area contributed by atoms with E-state index >= 15 is 0 Å². The van der Waals surface area contributed by atoms with Crippen LogP contribution in [0, 0.1) is 0 Å². The van der Waals surface area contributed by atoms with E-state index < -0.39 is 0 Å². The second-order valence-electron chi connectivity index (χ2n) is 4.89. The van der Waals surface area contributed by atoms with Gasteiger partial charge in [-0.05, 0) is 30.3 Å². The van der Waals surface area contributed by atoms with Crippen LogP contribution in [-0.2, 0) is 4.79 Å². The Labute approximate surface area is 158 Å².